The van der Waals surface area contributed by atoms with Crippen molar-refractivity contribution in [1.82, 2.24) is 4.90 Å². The van der Waals surface area contributed by atoms with Gasteiger partial charge in [0.2, 0.25) is 0 Å². The Morgan fingerprint density at radius 2 is 1.58 bits per heavy atom. The number of nitrogens with zero attached hydrogens (tertiary/aromatic N) is 3. The number of amides is 1. The summed E-state index contributed by atoms with van der Waals surface area (Å²) in [5.41, 5.74) is -2.60. The molecule has 3 rings (SSSR count). The molecule has 0 saturated carbocycles. The number of nitriles is 1. The van der Waals surface area contributed by atoms with Crippen molar-refractivity contribution in [3.8, 4) is 17.7 Å². The van der Waals surface area contributed by atoms with Gasteiger partial charge in [0.15, 0.2) is 17.7 Å². The van der Waals surface area contributed by atoms with E-state index in [1.54, 1.807) is 13.8 Å². The number of carbonyl (C=O) groups is 1. The Labute approximate surface area is 215 Å². The summed E-state index contributed by atoms with van der Waals surface area (Å²) in [5, 5.41) is 9.97. The van der Waals surface area contributed by atoms with Crippen LogP contribution in [-0.4, -0.2) is 37.9 Å². The molecule has 0 saturated heterocycles. The minimum absolute atomic E-state index is 0.0343. The topological polar surface area (TPSA) is 75.0 Å². The Hall–Kier alpha value is -3.82. The molecule has 0 aromatic heterocycles. The molecule has 0 bridgehead atoms. The molecule has 0 N–H and O–H groups in total. The zero-order chi connectivity index (χ0) is 28.4. The summed E-state index contributed by atoms with van der Waals surface area (Å²) in [6.07, 6.45) is -8.69. The molecule has 206 valence electrons. The van der Waals surface area contributed by atoms with Crippen LogP contribution in [0.25, 0.3) is 0 Å². The van der Waals surface area contributed by atoms with Crippen LogP contribution >= 0.6 is 0 Å². The molecule has 0 fully saturated rings. The van der Waals surface area contributed by atoms with Crippen molar-refractivity contribution >= 4 is 11.8 Å². The largest absolute Gasteiger partial charge is 0.493 e. The summed E-state index contributed by atoms with van der Waals surface area (Å²) >= 11 is 0. The highest BCUT2D eigenvalue weighted by Gasteiger charge is 2.40. The van der Waals surface area contributed by atoms with Gasteiger partial charge in [-0.15, -0.1) is 0 Å². The van der Waals surface area contributed by atoms with E-state index in [1.165, 1.54) is 31.3 Å². The molecule has 0 aliphatic carbocycles. The molecular weight excluding hydrogens is 520 g/mol. The number of alkyl halides is 6. The molecule has 1 aliphatic rings. The first-order chi connectivity index (χ1) is 17.7. The first-order valence-corrected chi connectivity index (χ1v) is 11.4. The van der Waals surface area contributed by atoms with Gasteiger partial charge in [-0.3, -0.25) is 9.80 Å². The van der Waals surface area contributed by atoms with Crippen molar-refractivity contribution in [1.29, 1.82) is 5.26 Å². The number of fused-ring (bicyclic) bond motifs is 1. The summed E-state index contributed by atoms with van der Waals surface area (Å²) in [7, 11) is 2.76. The lowest BCUT2D eigenvalue weighted by Gasteiger charge is -2.41. The first kappa shape index (κ1) is 28.7. The van der Waals surface area contributed by atoms with Crippen molar-refractivity contribution in [2.75, 3.05) is 25.7 Å². The molecule has 1 heterocycles. The van der Waals surface area contributed by atoms with Crippen LogP contribution in [0.3, 0.4) is 0 Å². The molecule has 2 aromatic carbocycles. The van der Waals surface area contributed by atoms with Crippen LogP contribution in [0.15, 0.2) is 30.3 Å². The summed E-state index contributed by atoms with van der Waals surface area (Å²) in [6, 6.07) is 2.88. The first-order valence-electron chi connectivity index (χ1n) is 11.4. The Balaban J connectivity index is 2.13. The normalized spacial score (nSPS) is 17.3. The van der Waals surface area contributed by atoms with Gasteiger partial charge in [0.05, 0.1) is 50.2 Å². The van der Waals surface area contributed by atoms with Crippen LogP contribution in [-0.2, 0) is 23.6 Å². The second-order valence-electron chi connectivity index (χ2n) is 8.58. The lowest BCUT2D eigenvalue weighted by molar-refractivity contribution is -0.143. The van der Waals surface area contributed by atoms with Gasteiger partial charge in [0.25, 0.3) is 0 Å². The second kappa shape index (κ2) is 10.9. The van der Waals surface area contributed by atoms with Crippen LogP contribution in [0, 0.1) is 11.5 Å². The lowest BCUT2D eigenvalue weighted by Crippen LogP contribution is -2.46. The number of methoxy groups -OCH3 is 2. The van der Waals surface area contributed by atoms with Gasteiger partial charge >= 0.3 is 18.4 Å². The van der Waals surface area contributed by atoms with E-state index in [0.29, 0.717) is 23.4 Å². The predicted octanol–water partition coefficient (Wildman–Crippen LogP) is 6.52. The number of hydrogen-bond donors (Lipinski definition) is 0. The van der Waals surface area contributed by atoms with Gasteiger partial charge in [-0.05, 0) is 50.1 Å². The Bertz CT molecular complexity index is 1190. The Kier molecular flexibility index (Phi) is 8.24. The average molecular weight is 545 g/mol. The standard InChI is InChI=1S/C25H25F6N3O4/c1-5-38-23(35)34-14(2)6-19(18-10-21(36-3)22(37-4)11-20(18)34)33(13-32)12-15-7-16(24(26,27)28)9-17(8-15)25(29,30)31/h7-11,14,19H,5-6,12H2,1-4H3/t14-,19+/m0/s1. The van der Waals surface area contributed by atoms with Gasteiger partial charge in [0.1, 0.15) is 0 Å². The van der Waals surface area contributed by atoms with E-state index in [2.05, 4.69) is 0 Å². The summed E-state index contributed by atoms with van der Waals surface area (Å²) in [5.74, 6) is 0.524. The average Bonchev–Trinajstić information content (AvgIpc) is 2.84. The van der Waals surface area contributed by atoms with E-state index in [1.807, 2.05) is 6.19 Å². The van der Waals surface area contributed by atoms with Crippen molar-refractivity contribution < 1.29 is 45.3 Å². The maximum Gasteiger partial charge on any atom is 0.416 e. The zero-order valence-corrected chi connectivity index (χ0v) is 20.9. The molecular formula is C25H25F6N3O4. The number of hydrogen-bond acceptors (Lipinski definition) is 6. The van der Waals surface area contributed by atoms with E-state index in [0.717, 1.165) is 4.90 Å². The predicted molar refractivity (Wildman–Crippen MR) is 123 cm³/mol. The summed E-state index contributed by atoms with van der Waals surface area (Å²) in [4.78, 5) is 15.2. The van der Waals surface area contributed by atoms with E-state index < -0.39 is 48.2 Å². The summed E-state index contributed by atoms with van der Waals surface area (Å²) in [6.45, 7) is 2.86. The molecule has 0 spiro atoms. The van der Waals surface area contributed by atoms with Gasteiger partial charge in [0, 0.05) is 17.7 Å². The highest BCUT2D eigenvalue weighted by atomic mass is 19.4. The Morgan fingerprint density at radius 1 is 1.03 bits per heavy atom. The monoisotopic (exact) mass is 545 g/mol. The van der Waals surface area contributed by atoms with E-state index in [9.17, 15) is 36.4 Å². The highest BCUT2D eigenvalue weighted by molar-refractivity contribution is 5.91. The molecule has 0 unspecified atom stereocenters. The lowest BCUT2D eigenvalue weighted by atomic mass is 9.90. The maximum atomic E-state index is 13.4. The molecule has 2 atom stereocenters. The molecule has 13 heteroatoms. The fourth-order valence-corrected chi connectivity index (χ4v) is 4.44. The van der Waals surface area contributed by atoms with Crippen LogP contribution < -0.4 is 14.4 Å². The van der Waals surface area contributed by atoms with E-state index in [-0.39, 0.29) is 36.2 Å². The number of carbonyl (C=O) groups excluding carboxylic acids is 1. The fourth-order valence-electron chi connectivity index (χ4n) is 4.44. The Morgan fingerprint density at radius 3 is 2.05 bits per heavy atom. The molecule has 2 aromatic rings. The number of halogens is 6. The van der Waals surface area contributed by atoms with Gasteiger partial charge < -0.3 is 14.2 Å². The quantitative estimate of drug-likeness (QED) is 0.234. The summed E-state index contributed by atoms with van der Waals surface area (Å²) < 4.78 is 96.1. The maximum absolute atomic E-state index is 13.4. The van der Waals surface area contributed by atoms with Gasteiger partial charge in [-0.2, -0.15) is 31.6 Å². The zero-order valence-electron chi connectivity index (χ0n) is 20.9. The number of benzene rings is 2. The molecule has 1 amide bonds. The SMILES string of the molecule is CCOC(=O)N1c2cc(OC)c(OC)cc2[C@H](N(C#N)Cc2cc(C(F)(F)F)cc(C(F)(F)F)c2)C[C@@H]1C. The minimum Gasteiger partial charge on any atom is -0.493 e. The van der Waals surface area contributed by atoms with Crippen LogP contribution in [0.5, 0.6) is 11.5 Å². The molecule has 38 heavy (non-hydrogen) atoms. The third-order valence-corrected chi connectivity index (χ3v) is 6.13. The molecule has 7 nitrogen and oxygen atoms in total. The fraction of sp³-hybridized carbons (Fsp3) is 0.440. The number of ether oxygens (including phenoxy) is 3. The highest BCUT2D eigenvalue weighted by Crippen LogP contribution is 2.46. The van der Waals surface area contributed by atoms with Gasteiger partial charge in [-0.1, -0.05) is 0 Å². The number of rotatable bonds is 6. The molecule has 1 aliphatic heterocycles. The van der Waals surface area contributed by atoms with Crippen molar-refractivity contribution in [2.45, 2.75) is 51.2 Å². The van der Waals surface area contributed by atoms with Crippen molar-refractivity contribution in [3.63, 3.8) is 0 Å². The molecule has 0 radical (unpaired) electrons. The van der Waals surface area contributed by atoms with Crippen molar-refractivity contribution in [2.24, 2.45) is 0 Å². The second-order valence-corrected chi connectivity index (χ2v) is 8.58. The number of anilines is 1. The van der Waals surface area contributed by atoms with Crippen molar-refractivity contribution in [3.05, 3.63) is 52.6 Å². The van der Waals surface area contributed by atoms with Crippen LogP contribution in [0.1, 0.15) is 48.6 Å². The van der Waals surface area contributed by atoms with E-state index in [4.69, 9.17) is 14.2 Å². The van der Waals surface area contributed by atoms with Gasteiger partial charge in [-0.25, -0.2) is 4.79 Å². The van der Waals surface area contributed by atoms with Crippen LogP contribution in [0.2, 0.25) is 0 Å². The third kappa shape index (κ3) is 5.84. The van der Waals surface area contributed by atoms with E-state index >= 15 is 0 Å². The smallest absolute Gasteiger partial charge is 0.416 e. The van der Waals surface area contributed by atoms with Crippen LogP contribution in [0.4, 0.5) is 36.8 Å². The third-order valence-electron chi connectivity index (χ3n) is 6.13. The minimum atomic E-state index is -5.02.